The number of rotatable bonds is 6. The first-order chi connectivity index (χ1) is 14.6. The number of amides is 1. The molecule has 1 saturated heterocycles. The van der Waals surface area contributed by atoms with Gasteiger partial charge >= 0.3 is 0 Å². The van der Waals surface area contributed by atoms with Crippen LogP contribution in [0.15, 0.2) is 36.4 Å². The Kier molecular flexibility index (Phi) is 6.32. The summed E-state index contributed by atoms with van der Waals surface area (Å²) in [5.74, 6) is 0.630. The molecule has 0 spiro atoms. The quantitative estimate of drug-likeness (QED) is 0.658. The molecule has 0 aliphatic carbocycles. The molecular weight excluding hydrogens is 398 g/mol. The highest BCUT2D eigenvalue weighted by Crippen LogP contribution is 2.32. The van der Waals surface area contributed by atoms with E-state index in [1.807, 2.05) is 23.1 Å². The summed E-state index contributed by atoms with van der Waals surface area (Å²) >= 11 is 1.58. The molecule has 1 amide bonds. The molecule has 2 heterocycles. The largest absolute Gasteiger partial charge is 0.497 e. The number of aromatic nitrogens is 1. The first-order valence-electron chi connectivity index (χ1n) is 10.3. The van der Waals surface area contributed by atoms with Crippen molar-refractivity contribution >= 4 is 32.6 Å². The summed E-state index contributed by atoms with van der Waals surface area (Å²) in [5.41, 5.74) is 3.97. The Labute approximate surface area is 181 Å². The van der Waals surface area contributed by atoms with Crippen LogP contribution in [0.1, 0.15) is 21.5 Å². The zero-order chi connectivity index (χ0) is 21.1. The molecule has 1 aliphatic heterocycles. The normalized spacial score (nSPS) is 14.8. The summed E-state index contributed by atoms with van der Waals surface area (Å²) < 4.78 is 11.9. The Balaban J connectivity index is 1.67. The molecule has 1 N–H and O–H groups in total. The number of carbonyl (C=O) groups excluding carboxylic acids is 1. The molecule has 0 atom stereocenters. The molecule has 30 heavy (non-hydrogen) atoms. The highest BCUT2D eigenvalue weighted by Gasteiger charge is 2.25. The van der Waals surface area contributed by atoms with E-state index in [4.69, 9.17) is 14.5 Å². The fourth-order valence-electron chi connectivity index (χ4n) is 3.71. The van der Waals surface area contributed by atoms with Gasteiger partial charge in [-0.05, 0) is 49.2 Å². The molecule has 158 valence electrons. The van der Waals surface area contributed by atoms with E-state index in [1.165, 1.54) is 16.0 Å². The van der Waals surface area contributed by atoms with Gasteiger partial charge in [-0.1, -0.05) is 23.5 Å². The molecule has 0 radical (unpaired) electrons. The number of nitrogens with zero attached hydrogens (tertiary/aromatic N) is 2. The number of anilines is 1. The number of morpholine rings is 1. The zero-order valence-electron chi connectivity index (χ0n) is 17.7. The second-order valence-electron chi connectivity index (χ2n) is 7.65. The van der Waals surface area contributed by atoms with Gasteiger partial charge in [-0.2, -0.15) is 0 Å². The highest BCUT2D eigenvalue weighted by atomic mass is 32.1. The monoisotopic (exact) mass is 426 g/mol. The van der Waals surface area contributed by atoms with Crippen LogP contribution >= 0.6 is 11.3 Å². The van der Waals surface area contributed by atoms with Gasteiger partial charge in [-0.3, -0.25) is 9.69 Å². The fraction of sp³-hybridized carbons (Fsp3) is 0.391. The number of carbonyl (C=O) groups is 1. The lowest BCUT2D eigenvalue weighted by Gasteiger charge is -2.27. The van der Waals surface area contributed by atoms with Crippen molar-refractivity contribution in [1.82, 2.24) is 4.98 Å². The standard InChI is InChI=1S/C23H27N3O3S/c1-16-7-8-20-21(17(16)2)24-23(30-20)26(10-9-25-11-13-29-14-12-25)22(27)18-5-4-6-19(15-18)28-3/h4-8,15H,9-14H2,1-3H3/p+1. The number of hydrogen-bond acceptors (Lipinski definition) is 5. The molecule has 0 bridgehead atoms. The number of nitrogens with one attached hydrogen (secondary N) is 1. The van der Waals surface area contributed by atoms with Crippen LogP contribution in [-0.2, 0) is 4.74 Å². The van der Waals surface area contributed by atoms with Crippen molar-refractivity contribution in [3.63, 3.8) is 0 Å². The summed E-state index contributed by atoms with van der Waals surface area (Å²) in [7, 11) is 1.61. The molecule has 3 aromatic rings. The highest BCUT2D eigenvalue weighted by molar-refractivity contribution is 7.22. The van der Waals surface area contributed by atoms with Crippen molar-refractivity contribution in [1.29, 1.82) is 0 Å². The number of hydrogen-bond donors (Lipinski definition) is 1. The van der Waals surface area contributed by atoms with E-state index in [0.717, 1.165) is 48.2 Å². The lowest BCUT2D eigenvalue weighted by atomic mass is 10.1. The van der Waals surface area contributed by atoms with Gasteiger partial charge in [0.15, 0.2) is 5.13 Å². The van der Waals surface area contributed by atoms with Gasteiger partial charge in [-0.15, -0.1) is 0 Å². The Hall–Kier alpha value is -2.48. The minimum Gasteiger partial charge on any atom is -0.497 e. The van der Waals surface area contributed by atoms with Crippen molar-refractivity contribution in [2.45, 2.75) is 13.8 Å². The molecule has 2 aromatic carbocycles. The Morgan fingerprint density at radius 1 is 1.23 bits per heavy atom. The van der Waals surface area contributed by atoms with E-state index in [1.54, 1.807) is 24.5 Å². The number of thiazole rings is 1. The van der Waals surface area contributed by atoms with Crippen LogP contribution in [0.2, 0.25) is 0 Å². The van der Waals surface area contributed by atoms with E-state index in [2.05, 4.69) is 26.0 Å². The average molecular weight is 427 g/mol. The lowest BCUT2D eigenvalue weighted by Crippen LogP contribution is -3.14. The number of quaternary nitrogens is 1. The molecule has 6 nitrogen and oxygen atoms in total. The molecular formula is C23H28N3O3S+. The number of methoxy groups -OCH3 is 1. The third-order valence-corrected chi connectivity index (χ3v) is 6.80. The first kappa shape index (κ1) is 20.8. The number of aryl methyl sites for hydroxylation is 2. The summed E-state index contributed by atoms with van der Waals surface area (Å²) in [6.07, 6.45) is 0. The summed E-state index contributed by atoms with van der Waals surface area (Å²) in [4.78, 5) is 21.7. The van der Waals surface area contributed by atoms with Crippen LogP contribution in [0.3, 0.4) is 0 Å². The molecule has 1 fully saturated rings. The summed E-state index contributed by atoms with van der Waals surface area (Å²) in [5, 5.41) is 0.749. The van der Waals surface area contributed by atoms with E-state index in [9.17, 15) is 4.79 Å². The van der Waals surface area contributed by atoms with Gasteiger partial charge in [0.05, 0.1) is 43.6 Å². The first-order valence-corrected chi connectivity index (χ1v) is 11.1. The smallest absolute Gasteiger partial charge is 0.260 e. The van der Waals surface area contributed by atoms with Crippen LogP contribution in [0.5, 0.6) is 5.75 Å². The van der Waals surface area contributed by atoms with Crippen molar-refractivity contribution < 1.29 is 19.2 Å². The minimum atomic E-state index is -0.0463. The number of fused-ring (bicyclic) bond motifs is 1. The zero-order valence-corrected chi connectivity index (χ0v) is 18.6. The summed E-state index contributed by atoms with van der Waals surface area (Å²) in [6.45, 7) is 9.16. The van der Waals surface area contributed by atoms with Gasteiger partial charge in [0.2, 0.25) is 0 Å². The fourth-order valence-corrected chi connectivity index (χ4v) is 4.76. The van der Waals surface area contributed by atoms with Crippen molar-refractivity contribution in [3.8, 4) is 5.75 Å². The van der Waals surface area contributed by atoms with Crippen LogP contribution in [0, 0.1) is 13.8 Å². The molecule has 0 saturated carbocycles. The van der Waals surface area contributed by atoms with Crippen LogP contribution in [-0.4, -0.2) is 57.4 Å². The van der Waals surface area contributed by atoms with Crippen molar-refractivity contribution in [3.05, 3.63) is 53.1 Å². The minimum absolute atomic E-state index is 0.0463. The maximum atomic E-state index is 13.5. The topological polar surface area (TPSA) is 56.1 Å². The van der Waals surface area contributed by atoms with Crippen molar-refractivity contribution in [2.75, 3.05) is 51.4 Å². The predicted octanol–water partition coefficient (Wildman–Crippen LogP) is 2.48. The van der Waals surface area contributed by atoms with E-state index in [0.29, 0.717) is 17.9 Å². The maximum Gasteiger partial charge on any atom is 0.260 e. The third-order valence-electron chi connectivity index (χ3n) is 5.76. The third kappa shape index (κ3) is 4.33. The molecule has 1 aromatic heterocycles. The number of benzene rings is 2. The lowest BCUT2D eigenvalue weighted by molar-refractivity contribution is -0.906. The molecule has 1 aliphatic rings. The summed E-state index contributed by atoms with van der Waals surface area (Å²) in [6, 6.07) is 11.5. The molecule has 4 rings (SSSR count). The van der Waals surface area contributed by atoms with Crippen LogP contribution < -0.4 is 14.5 Å². The maximum absolute atomic E-state index is 13.5. The van der Waals surface area contributed by atoms with Gasteiger partial charge in [0, 0.05) is 5.56 Å². The second-order valence-corrected chi connectivity index (χ2v) is 8.66. The Bertz CT molecular complexity index is 1040. The second kappa shape index (κ2) is 9.12. The SMILES string of the molecule is COc1cccc(C(=O)N(CC[NH+]2CCOCC2)c2nc3c(C)c(C)ccc3s2)c1. The Morgan fingerprint density at radius 2 is 2.03 bits per heavy atom. The van der Waals surface area contributed by atoms with Crippen LogP contribution in [0.4, 0.5) is 5.13 Å². The Morgan fingerprint density at radius 3 is 2.80 bits per heavy atom. The average Bonchev–Trinajstić information content (AvgIpc) is 3.22. The molecule has 7 heteroatoms. The van der Waals surface area contributed by atoms with E-state index in [-0.39, 0.29) is 5.91 Å². The van der Waals surface area contributed by atoms with Gasteiger partial charge in [-0.25, -0.2) is 4.98 Å². The van der Waals surface area contributed by atoms with Crippen LogP contribution in [0.25, 0.3) is 10.2 Å². The van der Waals surface area contributed by atoms with Gasteiger partial charge in [0.25, 0.3) is 5.91 Å². The van der Waals surface area contributed by atoms with Gasteiger partial charge < -0.3 is 14.4 Å². The van der Waals surface area contributed by atoms with Crippen molar-refractivity contribution in [2.24, 2.45) is 0 Å². The number of ether oxygens (including phenoxy) is 2. The van der Waals surface area contributed by atoms with Gasteiger partial charge in [0.1, 0.15) is 18.8 Å². The molecule has 0 unspecified atom stereocenters. The predicted molar refractivity (Wildman–Crippen MR) is 120 cm³/mol. The van der Waals surface area contributed by atoms with E-state index >= 15 is 0 Å². The van der Waals surface area contributed by atoms with E-state index < -0.39 is 0 Å².